The molecule has 3 rings (SSSR count). The fraction of sp³-hybridized carbons (Fsp3) is 0.353. The number of rotatable bonds is 2. The Labute approximate surface area is 142 Å². The fourth-order valence-electron chi connectivity index (χ4n) is 3.35. The average molecular weight is 377 g/mol. The standard InChI is InChI=1S/C17H17BrN2O3/c1-17(2)7-13-11(14(21)8-17)6-15(22)20(13)9-3-4-10(16(19)23)12(18)5-9/h3-6,13H,7-8H2,1-2H3,(H2,19,23). The van der Waals surface area contributed by atoms with Gasteiger partial charge in [0.1, 0.15) is 0 Å². The smallest absolute Gasteiger partial charge is 0.252 e. The molecule has 1 fully saturated rings. The quantitative estimate of drug-likeness (QED) is 0.860. The molecule has 120 valence electrons. The highest BCUT2D eigenvalue weighted by Gasteiger charge is 2.45. The molecule has 0 saturated heterocycles. The highest BCUT2D eigenvalue weighted by Crippen LogP contribution is 2.42. The number of anilines is 1. The van der Waals surface area contributed by atoms with Crippen LogP contribution < -0.4 is 10.6 Å². The minimum atomic E-state index is -0.538. The number of primary amides is 1. The fourth-order valence-corrected chi connectivity index (χ4v) is 3.91. The predicted octanol–water partition coefficient (Wildman–Crippen LogP) is 2.58. The molecule has 5 nitrogen and oxygen atoms in total. The Morgan fingerprint density at radius 3 is 2.65 bits per heavy atom. The summed E-state index contributed by atoms with van der Waals surface area (Å²) in [6.45, 7) is 4.07. The monoisotopic (exact) mass is 376 g/mol. The number of Topliss-reactive ketones (excluding diaryl/α,β-unsaturated/α-hetero) is 1. The maximum Gasteiger partial charge on any atom is 0.252 e. The number of hydrogen-bond donors (Lipinski definition) is 1. The van der Waals surface area contributed by atoms with E-state index in [0.29, 0.717) is 27.7 Å². The van der Waals surface area contributed by atoms with Crippen molar-refractivity contribution in [3.8, 4) is 0 Å². The van der Waals surface area contributed by atoms with Gasteiger partial charge >= 0.3 is 0 Å². The van der Waals surface area contributed by atoms with Crippen LogP contribution in [-0.4, -0.2) is 23.6 Å². The molecule has 1 aromatic carbocycles. The number of halogens is 1. The van der Waals surface area contributed by atoms with Gasteiger partial charge in [-0.05, 0) is 46.0 Å². The van der Waals surface area contributed by atoms with E-state index < -0.39 is 5.91 Å². The molecule has 0 radical (unpaired) electrons. The molecule has 0 spiro atoms. The van der Waals surface area contributed by atoms with Gasteiger partial charge in [0.15, 0.2) is 5.78 Å². The maximum absolute atomic E-state index is 12.4. The van der Waals surface area contributed by atoms with E-state index in [1.54, 1.807) is 23.1 Å². The largest absolute Gasteiger partial charge is 0.366 e. The molecular formula is C17H17BrN2O3. The molecule has 2 amide bonds. The summed E-state index contributed by atoms with van der Waals surface area (Å²) in [5.74, 6) is -0.700. The van der Waals surface area contributed by atoms with Gasteiger partial charge in [-0.1, -0.05) is 13.8 Å². The summed E-state index contributed by atoms with van der Waals surface area (Å²) in [6.07, 6.45) is 2.63. The second-order valence-electron chi connectivity index (χ2n) is 6.82. The van der Waals surface area contributed by atoms with Crippen molar-refractivity contribution in [3.05, 3.63) is 39.9 Å². The molecular weight excluding hydrogens is 360 g/mol. The van der Waals surface area contributed by atoms with E-state index in [1.807, 2.05) is 13.8 Å². The Bertz CT molecular complexity index is 767. The molecule has 2 aliphatic rings. The van der Waals surface area contributed by atoms with Gasteiger partial charge in [0.25, 0.3) is 5.91 Å². The van der Waals surface area contributed by atoms with Crippen LogP contribution >= 0.6 is 15.9 Å². The second-order valence-corrected chi connectivity index (χ2v) is 7.67. The summed E-state index contributed by atoms with van der Waals surface area (Å²) in [5, 5.41) is 0. The zero-order valence-electron chi connectivity index (χ0n) is 12.9. The molecule has 1 aliphatic carbocycles. The third-order valence-electron chi connectivity index (χ3n) is 4.39. The molecule has 2 N–H and O–H groups in total. The predicted molar refractivity (Wildman–Crippen MR) is 90.0 cm³/mol. The number of benzene rings is 1. The summed E-state index contributed by atoms with van der Waals surface area (Å²) in [5.41, 5.74) is 6.74. The molecule has 6 heteroatoms. The van der Waals surface area contributed by atoms with Crippen molar-refractivity contribution in [2.45, 2.75) is 32.7 Å². The Hall–Kier alpha value is -1.95. The minimum absolute atomic E-state index is 0.0370. The first-order chi connectivity index (χ1) is 10.7. The van der Waals surface area contributed by atoms with Gasteiger partial charge in [0.05, 0.1) is 11.6 Å². The Kier molecular flexibility index (Phi) is 3.67. The van der Waals surface area contributed by atoms with Crippen LogP contribution in [0, 0.1) is 5.41 Å². The SMILES string of the molecule is CC1(C)CC(=O)C2=CC(=O)N(c3ccc(C(N)=O)c(Br)c3)C2C1. The number of nitrogens with two attached hydrogens (primary N) is 1. The van der Waals surface area contributed by atoms with Crippen molar-refractivity contribution in [2.75, 3.05) is 4.90 Å². The van der Waals surface area contributed by atoms with Crippen LogP contribution in [0.3, 0.4) is 0 Å². The highest BCUT2D eigenvalue weighted by atomic mass is 79.9. The third kappa shape index (κ3) is 2.72. The van der Waals surface area contributed by atoms with Crippen LogP contribution in [0.15, 0.2) is 34.3 Å². The summed E-state index contributed by atoms with van der Waals surface area (Å²) >= 11 is 3.31. The lowest BCUT2D eigenvalue weighted by molar-refractivity contribution is -0.119. The summed E-state index contributed by atoms with van der Waals surface area (Å²) in [7, 11) is 0. The van der Waals surface area contributed by atoms with Crippen molar-refractivity contribution < 1.29 is 14.4 Å². The van der Waals surface area contributed by atoms with Crippen molar-refractivity contribution in [1.82, 2.24) is 0 Å². The van der Waals surface area contributed by atoms with Crippen LogP contribution in [0.1, 0.15) is 37.0 Å². The first-order valence-corrected chi connectivity index (χ1v) is 8.16. The number of carbonyl (C=O) groups excluding carboxylic acids is 3. The van der Waals surface area contributed by atoms with Gasteiger partial charge < -0.3 is 10.6 Å². The third-order valence-corrected chi connectivity index (χ3v) is 5.05. The molecule has 0 aromatic heterocycles. The van der Waals surface area contributed by atoms with Gasteiger partial charge in [-0.3, -0.25) is 14.4 Å². The highest BCUT2D eigenvalue weighted by molar-refractivity contribution is 9.10. The lowest BCUT2D eigenvalue weighted by Crippen LogP contribution is -2.43. The van der Waals surface area contributed by atoms with Crippen LogP contribution in [0.25, 0.3) is 0 Å². The van der Waals surface area contributed by atoms with E-state index in [4.69, 9.17) is 5.73 Å². The van der Waals surface area contributed by atoms with Gasteiger partial charge in [-0.2, -0.15) is 0 Å². The molecule has 1 aromatic rings. The van der Waals surface area contributed by atoms with E-state index in [1.165, 1.54) is 6.08 Å². The van der Waals surface area contributed by atoms with E-state index in [9.17, 15) is 14.4 Å². The van der Waals surface area contributed by atoms with Crippen molar-refractivity contribution in [1.29, 1.82) is 0 Å². The van der Waals surface area contributed by atoms with Crippen LogP contribution in [0.4, 0.5) is 5.69 Å². The van der Waals surface area contributed by atoms with Crippen molar-refractivity contribution in [2.24, 2.45) is 11.1 Å². The number of nitrogens with zero attached hydrogens (tertiary/aromatic N) is 1. The molecule has 23 heavy (non-hydrogen) atoms. The lowest BCUT2D eigenvalue weighted by Gasteiger charge is -2.38. The number of hydrogen-bond acceptors (Lipinski definition) is 3. The minimum Gasteiger partial charge on any atom is -0.366 e. The average Bonchev–Trinajstić information content (AvgIpc) is 2.73. The van der Waals surface area contributed by atoms with Gasteiger partial charge in [-0.15, -0.1) is 0 Å². The van der Waals surface area contributed by atoms with Crippen molar-refractivity contribution in [3.63, 3.8) is 0 Å². The van der Waals surface area contributed by atoms with Crippen LogP contribution in [-0.2, 0) is 9.59 Å². The summed E-state index contributed by atoms with van der Waals surface area (Å²) in [4.78, 5) is 37.7. The van der Waals surface area contributed by atoms with E-state index >= 15 is 0 Å². The van der Waals surface area contributed by atoms with Crippen LogP contribution in [0.5, 0.6) is 0 Å². The Morgan fingerprint density at radius 1 is 1.35 bits per heavy atom. The Morgan fingerprint density at radius 2 is 2.04 bits per heavy atom. The Balaban J connectivity index is 2.00. The number of amides is 2. The van der Waals surface area contributed by atoms with Gasteiger partial charge in [-0.25, -0.2) is 0 Å². The topological polar surface area (TPSA) is 80.5 Å². The zero-order chi connectivity index (χ0) is 16.9. The lowest BCUT2D eigenvalue weighted by atomic mass is 9.72. The first kappa shape index (κ1) is 15.9. The maximum atomic E-state index is 12.4. The molecule has 1 saturated carbocycles. The molecule has 1 aliphatic heterocycles. The summed E-state index contributed by atoms with van der Waals surface area (Å²) < 4.78 is 0.533. The number of fused-ring (bicyclic) bond motifs is 1. The van der Waals surface area contributed by atoms with Crippen LogP contribution in [0.2, 0.25) is 0 Å². The normalized spacial score (nSPS) is 22.8. The van der Waals surface area contributed by atoms with E-state index in [0.717, 1.165) is 6.42 Å². The first-order valence-electron chi connectivity index (χ1n) is 7.37. The number of ketones is 1. The van der Waals surface area contributed by atoms with E-state index in [2.05, 4.69) is 15.9 Å². The molecule has 1 heterocycles. The molecule has 0 bridgehead atoms. The molecule has 1 unspecified atom stereocenters. The molecule has 1 atom stereocenters. The van der Waals surface area contributed by atoms with Gasteiger partial charge in [0.2, 0.25) is 5.91 Å². The zero-order valence-corrected chi connectivity index (χ0v) is 14.5. The summed E-state index contributed by atoms with van der Waals surface area (Å²) in [6, 6.07) is 4.72. The van der Waals surface area contributed by atoms with Gasteiger partial charge in [0, 0.05) is 28.2 Å². The number of carbonyl (C=O) groups is 3. The van der Waals surface area contributed by atoms with E-state index in [-0.39, 0.29) is 23.1 Å². The van der Waals surface area contributed by atoms with Crippen molar-refractivity contribution >= 4 is 39.2 Å². The second kappa shape index (κ2) is 5.30.